The van der Waals surface area contributed by atoms with Crippen LogP contribution in [0.2, 0.25) is 0 Å². The molecule has 1 amide bonds. The molecule has 0 aliphatic carbocycles. The molecule has 3 heterocycles. The Bertz CT molecular complexity index is 883. The number of sulfonamides is 1. The van der Waals surface area contributed by atoms with Crippen LogP contribution < -0.4 is 4.90 Å². The molecule has 3 rings (SSSR count). The lowest BCUT2D eigenvalue weighted by Crippen LogP contribution is -2.37. The molecule has 1 saturated heterocycles. The zero-order chi connectivity index (χ0) is 18.2. The van der Waals surface area contributed by atoms with E-state index in [1.165, 1.54) is 6.26 Å². The Hall–Kier alpha value is -1.93. The Labute approximate surface area is 148 Å². The van der Waals surface area contributed by atoms with Gasteiger partial charge in [0, 0.05) is 26.3 Å². The van der Waals surface area contributed by atoms with Crippen LogP contribution in [0, 0.1) is 0 Å². The van der Waals surface area contributed by atoms with E-state index in [1.807, 2.05) is 23.6 Å². The Kier molecular flexibility index (Phi) is 4.83. The highest BCUT2D eigenvalue weighted by Gasteiger charge is 2.26. The quantitative estimate of drug-likeness (QED) is 0.756. The van der Waals surface area contributed by atoms with Crippen LogP contribution in [0.25, 0.3) is 5.65 Å². The minimum absolute atomic E-state index is 0.310. The number of pyridine rings is 1. The van der Waals surface area contributed by atoms with Crippen molar-refractivity contribution in [3.63, 3.8) is 0 Å². The summed E-state index contributed by atoms with van der Waals surface area (Å²) < 4.78 is 26.8. The summed E-state index contributed by atoms with van der Waals surface area (Å²) >= 11 is 0. The lowest BCUT2D eigenvalue weighted by molar-refractivity contribution is -0.107. The number of rotatable bonds is 5. The molecule has 8 heteroatoms. The molecule has 0 N–H and O–H groups in total. The average Bonchev–Trinajstić information content (AvgIpc) is 2.98. The SMILES string of the molecule is CCc1nc2ccc(C3CCN(S(C)(=O)=O)CC3)cn2c1N(C)C=O. The van der Waals surface area contributed by atoms with Gasteiger partial charge in [0.1, 0.15) is 11.5 Å². The molecule has 1 aliphatic rings. The van der Waals surface area contributed by atoms with Gasteiger partial charge in [-0.3, -0.25) is 9.20 Å². The largest absolute Gasteiger partial charge is 0.302 e. The number of carbonyl (C=O) groups is 1. The Morgan fingerprint density at radius 3 is 2.56 bits per heavy atom. The molecule has 1 aliphatic heterocycles. The number of piperidine rings is 1. The Morgan fingerprint density at radius 1 is 1.32 bits per heavy atom. The number of aromatic nitrogens is 2. The van der Waals surface area contributed by atoms with Gasteiger partial charge < -0.3 is 4.90 Å². The molecular formula is C17H24N4O3S. The van der Waals surface area contributed by atoms with E-state index < -0.39 is 10.0 Å². The van der Waals surface area contributed by atoms with Crippen molar-refractivity contribution >= 4 is 27.9 Å². The van der Waals surface area contributed by atoms with E-state index in [2.05, 4.69) is 11.1 Å². The number of hydrogen-bond donors (Lipinski definition) is 0. The van der Waals surface area contributed by atoms with Crippen molar-refractivity contribution in [3.05, 3.63) is 29.6 Å². The summed E-state index contributed by atoms with van der Waals surface area (Å²) in [6.45, 7) is 3.12. The lowest BCUT2D eigenvalue weighted by atomic mass is 9.91. The van der Waals surface area contributed by atoms with Crippen LogP contribution in [-0.4, -0.2) is 54.9 Å². The summed E-state index contributed by atoms with van der Waals surface area (Å²) in [4.78, 5) is 17.4. The molecule has 2 aromatic heterocycles. The highest BCUT2D eigenvalue weighted by atomic mass is 32.2. The van der Waals surface area contributed by atoms with Crippen molar-refractivity contribution in [2.45, 2.75) is 32.1 Å². The van der Waals surface area contributed by atoms with Gasteiger partial charge in [0.25, 0.3) is 0 Å². The molecular weight excluding hydrogens is 340 g/mol. The summed E-state index contributed by atoms with van der Waals surface area (Å²) in [5.41, 5.74) is 2.86. The van der Waals surface area contributed by atoms with Crippen molar-refractivity contribution in [3.8, 4) is 0 Å². The maximum Gasteiger partial charge on any atom is 0.215 e. The summed E-state index contributed by atoms with van der Waals surface area (Å²) in [6.07, 6.45) is 6.44. The number of fused-ring (bicyclic) bond motifs is 1. The Balaban J connectivity index is 1.92. The van der Waals surface area contributed by atoms with E-state index in [0.29, 0.717) is 19.0 Å². The first-order chi connectivity index (χ1) is 11.8. The fraction of sp³-hybridized carbons (Fsp3) is 0.529. The number of imidazole rings is 1. The summed E-state index contributed by atoms with van der Waals surface area (Å²) in [5, 5.41) is 0. The van der Waals surface area contributed by atoms with Crippen LogP contribution in [0.1, 0.15) is 36.9 Å². The summed E-state index contributed by atoms with van der Waals surface area (Å²) in [5.74, 6) is 1.10. The third-order valence-electron chi connectivity index (χ3n) is 4.91. The van der Waals surface area contributed by atoms with Gasteiger partial charge in [-0.15, -0.1) is 0 Å². The first-order valence-electron chi connectivity index (χ1n) is 8.49. The van der Waals surface area contributed by atoms with E-state index in [0.717, 1.165) is 48.4 Å². The molecule has 0 saturated carbocycles. The smallest absolute Gasteiger partial charge is 0.215 e. The van der Waals surface area contributed by atoms with Crippen molar-refractivity contribution in [1.29, 1.82) is 0 Å². The van der Waals surface area contributed by atoms with Crippen LogP contribution in [0.4, 0.5) is 5.82 Å². The van der Waals surface area contributed by atoms with Crippen LogP contribution in [-0.2, 0) is 21.2 Å². The van der Waals surface area contributed by atoms with Gasteiger partial charge in [0.2, 0.25) is 16.4 Å². The van der Waals surface area contributed by atoms with Gasteiger partial charge in [0.05, 0.1) is 11.9 Å². The van der Waals surface area contributed by atoms with E-state index in [4.69, 9.17) is 0 Å². The minimum atomic E-state index is -3.11. The van der Waals surface area contributed by atoms with Gasteiger partial charge in [-0.25, -0.2) is 17.7 Å². The molecule has 0 aromatic carbocycles. The molecule has 7 nitrogen and oxygen atoms in total. The second-order valence-electron chi connectivity index (χ2n) is 6.58. The van der Waals surface area contributed by atoms with E-state index in [-0.39, 0.29) is 0 Å². The molecule has 136 valence electrons. The normalized spacial score (nSPS) is 17.1. The van der Waals surface area contributed by atoms with Gasteiger partial charge in [0.15, 0.2) is 0 Å². The topological polar surface area (TPSA) is 75.0 Å². The van der Waals surface area contributed by atoms with Crippen molar-refractivity contribution < 1.29 is 13.2 Å². The van der Waals surface area contributed by atoms with Gasteiger partial charge in [-0.1, -0.05) is 13.0 Å². The fourth-order valence-electron chi connectivity index (χ4n) is 3.52. The van der Waals surface area contributed by atoms with Crippen LogP contribution >= 0.6 is 0 Å². The number of aryl methyl sites for hydroxylation is 1. The minimum Gasteiger partial charge on any atom is -0.302 e. The molecule has 1 fully saturated rings. The average molecular weight is 364 g/mol. The molecule has 0 radical (unpaired) electrons. The molecule has 0 spiro atoms. The zero-order valence-corrected chi connectivity index (χ0v) is 15.7. The highest BCUT2D eigenvalue weighted by Crippen LogP contribution is 2.31. The van der Waals surface area contributed by atoms with Crippen LogP contribution in [0.15, 0.2) is 18.3 Å². The number of amides is 1. The first kappa shape index (κ1) is 17.9. The van der Waals surface area contributed by atoms with Gasteiger partial charge in [-0.2, -0.15) is 0 Å². The Morgan fingerprint density at radius 2 is 2.00 bits per heavy atom. The third kappa shape index (κ3) is 3.41. The maximum atomic E-state index is 11.7. The van der Waals surface area contributed by atoms with Crippen molar-refractivity contribution in [1.82, 2.24) is 13.7 Å². The molecule has 0 unspecified atom stereocenters. The first-order valence-corrected chi connectivity index (χ1v) is 10.3. The number of nitrogens with zero attached hydrogens (tertiary/aromatic N) is 4. The predicted molar refractivity (Wildman–Crippen MR) is 97.4 cm³/mol. The fourth-order valence-corrected chi connectivity index (χ4v) is 4.39. The molecule has 2 aromatic rings. The second kappa shape index (κ2) is 6.76. The molecule has 25 heavy (non-hydrogen) atoms. The zero-order valence-electron chi connectivity index (χ0n) is 14.8. The molecule has 0 bridgehead atoms. The standard InChI is InChI=1S/C17H24N4O3S/c1-4-15-17(19(2)12-22)21-11-14(5-6-16(21)18-15)13-7-9-20(10-8-13)25(3,23)24/h5-6,11-13H,4,7-10H2,1-3H3. The second-order valence-corrected chi connectivity index (χ2v) is 8.56. The number of hydrogen-bond acceptors (Lipinski definition) is 4. The number of anilines is 1. The van der Waals surface area contributed by atoms with E-state index >= 15 is 0 Å². The van der Waals surface area contributed by atoms with Gasteiger partial charge in [-0.05, 0) is 36.8 Å². The number of carbonyl (C=O) groups excluding carboxylic acids is 1. The highest BCUT2D eigenvalue weighted by molar-refractivity contribution is 7.88. The van der Waals surface area contributed by atoms with E-state index in [1.54, 1.807) is 16.3 Å². The van der Waals surface area contributed by atoms with Crippen LogP contribution in [0.3, 0.4) is 0 Å². The van der Waals surface area contributed by atoms with E-state index in [9.17, 15) is 13.2 Å². The van der Waals surface area contributed by atoms with Crippen LogP contribution in [0.5, 0.6) is 0 Å². The predicted octanol–water partition coefficient (Wildman–Crippen LogP) is 1.63. The lowest BCUT2D eigenvalue weighted by Gasteiger charge is -2.30. The summed E-state index contributed by atoms with van der Waals surface area (Å²) in [7, 11) is -1.39. The van der Waals surface area contributed by atoms with Gasteiger partial charge >= 0.3 is 0 Å². The third-order valence-corrected chi connectivity index (χ3v) is 6.21. The van der Waals surface area contributed by atoms with Crippen molar-refractivity contribution in [2.75, 3.05) is 31.3 Å². The summed E-state index contributed by atoms with van der Waals surface area (Å²) in [6, 6.07) is 4.03. The molecule has 0 atom stereocenters. The monoisotopic (exact) mass is 364 g/mol. The maximum absolute atomic E-state index is 11.7. The van der Waals surface area contributed by atoms with Crippen molar-refractivity contribution in [2.24, 2.45) is 0 Å².